The number of rotatable bonds is 2. The fourth-order valence-corrected chi connectivity index (χ4v) is 0.969. The second kappa shape index (κ2) is 4.27. The van der Waals surface area contributed by atoms with E-state index >= 15 is 0 Å². The van der Waals surface area contributed by atoms with Crippen molar-refractivity contribution in [3.05, 3.63) is 41.7 Å². The Morgan fingerprint density at radius 2 is 2.08 bits per heavy atom. The molecule has 66 valence electrons. The molecule has 0 aromatic heterocycles. The molecule has 0 aliphatic rings. The zero-order chi connectivity index (χ0) is 9.68. The summed E-state index contributed by atoms with van der Waals surface area (Å²) in [5.74, 6) is -0.179. The Morgan fingerprint density at radius 3 is 2.62 bits per heavy atom. The van der Waals surface area contributed by atoms with Crippen molar-refractivity contribution in [2.75, 3.05) is 18.5 Å². The van der Waals surface area contributed by atoms with Crippen molar-refractivity contribution in [3.63, 3.8) is 0 Å². The average molecular weight is 174 g/mol. The molecule has 0 radical (unpaired) electrons. The van der Waals surface area contributed by atoms with Gasteiger partial charge in [-0.2, -0.15) is 0 Å². The van der Waals surface area contributed by atoms with Gasteiger partial charge in [-0.1, -0.05) is 18.2 Å². The third kappa shape index (κ3) is 2.31. The van der Waals surface area contributed by atoms with Crippen LogP contribution in [0.25, 0.3) is 4.85 Å². The van der Waals surface area contributed by atoms with Crippen molar-refractivity contribution in [2.24, 2.45) is 0 Å². The lowest BCUT2D eigenvalue weighted by Crippen LogP contribution is -2.27. The highest BCUT2D eigenvalue weighted by Crippen LogP contribution is 2.10. The van der Waals surface area contributed by atoms with Crippen molar-refractivity contribution in [2.45, 2.75) is 0 Å². The van der Waals surface area contributed by atoms with E-state index in [1.54, 1.807) is 7.05 Å². The van der Waals surface area contributed by atoms with Crippen LogP contribution in [-0.4, -0.2) is 19.5 Å². The molecule has 0 fully saturated rings. The number of hydrogen-bond acceptors (Lipinski definition) is 1. The highest BCUT2D eigenvalue weighted by Gasteiger charge is 2.11. The quantitative estimate of drug-likeness (QED) is 0.624. The monoisotopic (exact) mass is 174 g/mol. The van der Waals surface area contributed by atoms with Crippen LogP contribution in [0.3, 0.4) is 0 Å². The third-order valence-electron chi connectivity index (χ3n) is 1.73. The van der Waals surface area contributed by atoms with Crippen molar-refractivity contribution in [1.29, 1.82) is 0 Å². The summed E-state index contributed by atoms with van der Waals surface area (Å²) in [6.07, 6.45) is 0. The van der Waals surface area contributed by atoms with Gasteiger partial charge in [-0.3, -0.25) is 4.79 Å². The summed E-state index contributed by atoms with van der Waals surface area (Å²) in [6.45, 7) is 6.47. The standard InChI is InChI=1S/C10H10N2O/c1-11-8-10(13)12(2)9-6-4-3-5-7-9/h3-7H,8H2,2H3. The molecule has 1 rings (SSSR count). The predicted molar refractivity (Wildman–Crippen MR) is 51.3 cm³/mol. The van der Waals surface area contributed by atoms with Crippen molar-refractivity contribution < 1.29 is 4.79 Å². The van der Waals surface area contributed by atoms with Gasteiger partial charge >= 0.3 is 5.91 Å². The molecule has 0 bridgehead atoms. The van der Waals surface area contributed by atoms with Gasteiger partial charge in [0.15, 0.2) is 0 Å². The summed E-state index contributed by atoms with van der Waals surface area (Å²) in [4.78, 5) is 15.8. The summed E-state index contributed by atoms with van der Waals surface area (Å²) in [6, 6.07) is 9.27. The second-order valence-corrected chi connectivity index (χ2v) is 2.60. The molecule has 3 heteroatoms. The van der Waals surface area contributed by atoms with Crippen LogP contribution in [-0.2, 0) is 4.79 Å². The Balaban J connectivity index is 2.75. The van der Waals surface area contributed by atoms with Crippen LogP contribution in [0.4, 0.5) is 5.69 Å². The van der Waals surface area contributed by atoms with Gasteiger partial charge in [-0.05, 0) is 12.1 Å². The Hall–Kier alpha value is -1.82. The average Bonchev–Trinajstić information content (AvgIpc) is 2.18. The maximum atomic E-state index is 11.3. The first-order valence-corrected chi connectivity index (χ1v) is 3.90. The van der Waals surface area contributed by atoms with E-state index in [4.69, 9.17) is 6.57 Å². The first-order chi connectivity index (χ1) is 6.25. The minimum Gasteiger partial charge on any atom is -0.309 e. The summed E-state index contributed by atoms with van der Waals surface area (Å²) in [5.41, 5.74) is 0.816. The molecule has 0 N–H and O–H groups in total. The number of amides is 1. The zero-order valence-corrected chi connectivity index (χ0v) is 7.40. The van der Waals surface area contributed by atoms with E-state index in [2.05, 4.69) is 4.85 Å². The van der Waals surface area contributed by atoms with E-state index in [0.29, 0.717) is 0 Å². The highest BCUT2D eigenvalue weighted by atomic mass is 16.2. The first-order valence-electron chi connectivity index (χ1n) is 3.90. The molecule has 1 aromatic carbocycles. The van der Waals surface area contributed by atoms with Crippen LogP contribution in [0.2, 0.25) is 0 Å². The van der Waals surface area contributed by atoms with Crippen LogP contribution in [0.1, 0.15) is 0 Å². The van der Waals surface area contributed by atoms with Gasteiger partial charge in [-0.25, -0.2) is 6.57 Å². The largest absolute Gasteiger partial charge is 0.309 e. The van der Waals surface area contributed by atoms with Crippen LogP contribution in [0.5, 0.6) is 0 Å². The molecule has 0 atom stereocenters. The normalized spacial score (nSPS) is 8.92. The van der Waals surface area contributed by atoms with Gasteiger partial charge in [0.25, 0.3) is 6.54 Å². The van der Waals surface area contributed by atoms with Crippen LogP contribution < -0.4 is 4.90 Å². The second-order valence-electron chi connectivity index (χ2n) is 2.60. The molecular formula is C10H10N2O. The highest BCUT2D eigenvalue weighted by molar-refractivity contribution is 5.95. The van der Waals surface area contributed by atoms with Crippen LogP contribution in [0, 0.1) is 6.57 Å². The maximum Gasteiger partial charge on any atom is 0.306 e. The molecule has 13 heavy (non-hydrogen) atoms. The number of para-hydroxylation sites is 1. The van der Waals surface area contributed by atoms with E-state index < -0.39 is 0 Å². The van der Waals surface area contributed by atoms with Gasteiger partial charge in [-0.15, -0.1) is 0 Å². The topological polar surface area (TPSA) is 24.7 Å². The molecule has 0 aliphatic carbocycles. The van der Waals surface area contributed by atoms with Gasteiger partial charge < -0.3 is 9.74 Å². The van der Waals surface area contributed by atoms with E-state index in [1.165, 1.54) is 4.90 Å². The van der Waals surface area contributed by atoms with E-state index in [1.807, 2.05) is 30.3 Å². The molecule has 3 nitrogen and oxygen atoms in total. The smallest absolute Gasteiger partial charge is 0.306 e. The molecule has 0 saturated heterocycles. The molecule has 0 heterocycles. The van der Waals surface area contributed by atoms with Crippen molar-refractivity contribution in [3.8, 4) is 0 Å². The number of anilines is 1. The van der Waals surface area contributed by atoms with Crippen LogP contribution >= 0.6 is 0 Å². The fraction of sp³-hybridized carbons (Fsp3) is 0.200. The lowest BCUT2D eigenvalue weighted by molar-refractivity contribution is -0.116. The minimum absolute atomic E-state index is 0.0919. The lowest BCUT2D eigenvalue weighted by atomic mass is 10.3. The molecule has 0 unspecified atom stereocenters. The number of hydrogen-bond donors (Lipinski definition) is 0. The fourth-order valence-electron chi connectivity index (χ4n) is 0.969. The summed E-state index contributed by atoms with van der Waals surface area (Å²) < 4.78 is 0. The van der Waals surface area contributed by atoms with Gasteiger partial charge in [0.05, 0.1) is 0 Å². The van der Waals surface area contributed by atoms with Gasteiger partial charge in [0.1, 0.15) is 0 Å². The Bertz CT molecular complexity index is 327. The Kier molecular flexibility index (Phi) is 3.04. The van der Waals surface area contributed by atoms with Crippen molar-refractivity contribution >= 4 is 11.6 Å². The predicted octanol–water partition coefficient (Wildman–Crippen LogP) is 1.57. The van der Waals surface area contributed by atoms with Gasteiger partial charge in [0, 0.05) is 12.7 Å². The summed E-state index contributed by atoms with van der Waals surface area (Å²) in [7, 11) is 1.67. The zero-order valence-electron chi connectivity index (χ0n) is 7.40. The Labute approximate surface area is 77.4 Å². The van der Waals surface area contributed by atoms with Gasteiger partial charge in [0.2, 0.25) is 0 Å². The molecular weight excluding hydrogens is 164 g/mol. The number of nitrogens with zero attached hydrogens (tertiary/aromatic N) is 2. The van der Waals surface area contributed by atoms with Crippen LogP contribution in [0.15, 0.2) is 30.3 Å². The third-order valence-corrected chi connectivity index (χ3v) is 1.73. The molecule has 0 saturated carbocycles. The number of carbonyl (C=O) groups is 1. The summed E-state index contributed by atoms with van der Waals surface area (Å²) in [5, 5.41) is 0. The minimum atomic E-state index is -0.179. The van der Waals surface area contributed by atoms with E-state index in [-0.39, 0.29) is 12.5 Å². The number of carbonyl (C=O) groups excluding carboxylic acids is 1. The molecule has 0 spiro atoms. The lowest BCUT2D eigenvalue weighted by Gasteiger charge is -2.13. The van der Waals surface area contributed by atoms with E-state index in [0.717, 1.165) is 5.69 Å². The SMILES string of the molecule is [C-]#[N+]CC(=O)N(C)c1ccccc1. The van der Waals surface area contributed by atoms with Crippen molar-refractivity contribution in [1.82, 2.24) is 0 Å². The van der Waals surface area contributed by atoms with E-state index in [9.17, 15) is 4.79 Å². The summed E-state index contributed by atoms with van der Waals surface area (Å²) >= 11 is 0. The molecule has 1 aromatic rings. The molecule has 0 aliphatic heterocycles. The maximum absolute atomic E-state index is 11.3. The number of likely N-dealkylation sites (N-methyl/N-ethyl adjacent to an activating group) is 1. The Morgan fingerprint density at radius 1 is 1.46 bits per heavy atom. The first kappa shape index (κ1) is 9.27. The molecule has 1 amide bonds. The number of benzene rings is 1.